The van der Waals surface area contributed by atoms with E-state index < -0.39 is 36.0 Å². The van der Waals surface area contributed by atoms with Gasteiger partial charge >= 0.3 is 11.9 Å². The molecule has 0 radical (unpaired) electrons. The third kappa shape index (κ3) is 8.71. The van der Waals surface area contributed by atoms with Crippen molar-refractivity contribution in [3.63, 3.8) is 0 Å². The van der Waals surface area contributed by atoms with E-state index in [0.29, 0.717) is 12.3 Å². The molecule has 1 aliphatic heterocycles. The molecule has 8 heteroatoms. The lowest BCUT2D eigenvalue weighted by molar-refractivity contribution is -0.143. The van der Waals surface area contributed by atoms with E-state index >= 15 is 0 Å². The quantitative estimate of drug-likeness (QED) is 0.627. The maximum absolute atomic E-state index is 11.1. The molecule has 1 aromatic rings. The van der Waals surface area contributed by atoms with Crippen molar-refractivity contribution in [3.8, 4) is 5.75 Å². The molecule has 1 aliphatic rings. The van der Waals surface area contributed by atoms with Gasteiger partial charge < -0.3 is 25.4 Å². The average molecular weight is 355 g/mol. The highest BCUT2D eigenvalue weighted by molar-refractivity contribution is 5.76. The van der Waals surface area contributed by atoms with Crippen LogP contribution in [0.2, 0.25) is 0 Å². The molecule has 0 aliphatic carbocycles. The number of hydrogen-bond acceptors (Lipinski definition) is 5. The van der Waals surface area contributed by atoms with Crippen LogP contribution in [0.5, 0.6) is 5.75 Å². The molecule has 0 saturated carbocycles. The maximum Gasteiger partial charge on any atom is 0.321 e. The summed E-state index contributed by atoms with van der Waals surface area (Å²) in [6.07, 6.45) is -0.693. The predicted molar refractivity (Wildman–Crippen MR) is 90.7 cm³/mol. The van der Waals surface area contributed by atoms with Crippen LogP contribution >= 0.6 is 0 Å². The van der Waals surface area contributed by atoms with Crippen LogP contribution in [-0.4, -0.2) is 51.9 Å². The first kappa shape index (κ1) is 22.4. The average Bonchev–Trinajstić information content (AvgIpc) is 2.92. The minimum atomic E-state index is -1.05. The number of carbonyl (C=O) groups is 3. The van der Waals surface area contributed by atoms with Crippen LogP contribution < -0.4 is 10.1 Å². The lowest BCUT2D eigenvalue weighted by Crippen LogP contribution is -2.38. The van der Waals surface area contributed by atoms with Gasteiger partial charge in [0, 0.05) is 19.4 Å². The number of benzene rings is 1. The van der Waals surface area contributed by atoms with Gasteiger partial charge in [0.2, 0.25) is 0 Å². The van der Waals surface area contributed by atoms with Gasteiger partial charge in [0.25, 0.3) is 5.97 Å². The van der Waals surface area contributed by atoms with Gasteiger partial charge in [-0.1, -0.05) is 32.0 Å². The smallest absolute Gasteiger partial charge is 0.321 e. The van der Waals surface area contributed by atoms with E-state index in [-0.39, 0.29) is 6.42 Å². The summed E-state index contributed by atoms with van der Waals surface area (Å²) in [4.78, 5) is 30.9. The number of aliphatic carboxylic acids is 3. The highest BCUT2D eigenvalue weighted by Gasteiger charge is 2.42. The number of hydrogen-bond donors (Lipinski definition) is 4. The number of carboxylic acid groups (broad SMARTS) is 3. The first-order valence-electron chi connectivity index (χ1n) is 7.90. The number of carboxylic acids is 3. The summed E-state index contributed by atoms with van der Waals surface area (Å²) in [7, 11) is 0. The SMILES string of the molecule is CC.CC(=O)O.O=C(O)C[C@@H]1[C@@H](C(=O)O)NC[C@H]1Oc1ccccc1. The molecule has 4 N–H and O–H groups in total. The normalized spacial score (nSPS) is 21.0. The summed E-state index contributed by atoms with van der Waals surface area (Å²) in [5.74, 6) is -2.89. The molecule has 1 saturated heterocycles. The Morgan fingerprint density at radius 3 is 2.08 bits per heavy atom. The molecule has 1 fully saturated rings. The zero-order valence-electron chi connectivity index (χ0n) is 14.5. The summed E-state index contributed by atoms with van der Waals surface area (Å²) in [6.45, 7) is 5.41. The van der Waals surface area contributed by atoms with Crippen molar-refractivity contribution >= 4 is 17.9 Å². The first-order chi connectivity index (χ1) is 11.8. The standard InChI is InChI=1S/C13H15NO5.C2H4O2.C2H6/c15-11(16)6-9-10(7-14-12(9)13(17)18)19-8-4-2-1-3-5-8;1-2(3)4;1-2/h1-5,9-10,12,14H,6-7H2,(H,15,16)(H,17,18);1H3,(H,3,4);1-2H3/t9-,10+,12-;;/m0../s1. The van der Waals surface area contributed by atoms with Gasteiger partial charge in [-0.15, -0.1) is 0 Å². The van der Waals surface area contributed by atoms with Gasteiger partial charge in [-0.2, -0.15) is 0 Å². The predicted octanol–water partition coefficient (Wildman–Crippen LogP) is 1.70. The Morgan fingerprint density at radius 2 is 1.64 bits per heavy atom. The second kappa shape index (κ2) is 11.9. The largest absolute Gasteiger partial charge is 0.489 e. The Hall–Kier alpha value is -2.61. The molecule has 25 heavy (non-hydrogen) atoms. The van der Waals surface area contributed by atoms with Crippen molar-refractivity contribution in [2.45, 2.75) is 39.3 Å². The fraction of sp³-hybridized carbons (Fsp3) is 0.471. The van der Waals surface area contributed by atoms with Crippen molar-refractivity contribution in [2.24, 2.45) is 5.92 Å². The Bertz CT molecular complexity index is 543. The van der Waals surface area contributed by atoms with E-state index in [1.807, 2.05) is 19.9 Å². The topological polar surface area (TPSA) is 133 Å². The zero-order valence-corrected chi connectivity index (χ0v) is 14.5. The number of nitrogens with one attached hydrogen (secondary N) is 1. The molecular formula is C17H25NO7. The van der Waals surface area contributed by atoms with Crippen LogP contribution in [-0.2, 0) is 14.4 Å². The van der Waals surface area contributed by atoms with Crippen LogP contribution in [0.25, 0.3) is 0 Å². The van der Waals surface area contributed by atoms with Gasteiger partial charge in [0.1, 0.15) is 17.9 Å². The molecule has 2 rings (SSSR count). The van der Waals surface area contributed by atoms with Crippen LogP contribution in [0.3, 0.4) is 0 Å². The molecule has 0 unspecified atom stereocenters. The number of ether oxygens (including phenoxy) is 1. The van der Waals surface area contributed by atoms with Gasteiger partial charge in [-0.05, 0) is 12.1 Å². The molecule has 8 nitrogen and oxygen atoms in total. The zero-order chi connectivity index (χ0) is 19.4. The highest BCUT2D eigenvalue weighted by Crippen LogP contribution is 2.25. The minimum Gasteiger partial charge on any atom is -0.489 e. The van der Waals surface area contributed by atoms with Crippen molar-refractivity contribution in [2.75, 3.05) is 6.54 Å². The van der Waals surface area contributed by atoms with E-state index in [4.69, 9.17) is 24.9 Å². The van der Waals surface area contributed by atoms with Gasteiger partial charge in [-0.3, -0.25) is 14.4 Å². The van der Waals surface area contributed by atoms with Crippen molar-refractivity contribution in [1.82, 2.24) is 5.32 Å². The molecule has 0 bridgehead atoms. The van der Waals surface area contributed by atoms with Crippen molar-refractivity contribution in [3.05, 3.63) is 30.3 Å². The monoisotopic (exact) mass is 355 g/mol. The molecule has 1 heterocycles. The maximum atomic E-state index is 11.1. The second-order valence-electron chi connectivity index (χ2n) is 4.97. The Kier molecular flexibility index (Phi) is 10.6. The van der Waals surface area contributed by atoms with E-state index in [1.54, 1.807) is 24.3 Å². The Morgan fingerprint density at radius 1 is 1.12 bits per heavy atom. The third-order valence-electron chi connectivity index (χ3n) is 3.15. The van der Waals surface area contributed by atoms with Gasteiger partial charge in [-0.25, -0.2) is 0 Å². The molecule has 0 spiro atoms. The Labute approximate surface area is 146 Å². The number of rotatable bonds is 5. The van der Waals surface area contributed by atoms with E-state index in [0.717, 1.165) is 6.92 Å². The van der Waals surface area contributed by atoms with E-state index in [1.165, 1.54) is 0 Å². The van der Waals surface area contributed by atoms with Crippen LogP contribution in [0.4, 0.5) is 0 Å². The van der Waals surface area contributed by atoms with E-state index in [2.05, 4.69) is 5.32 Å². The van der Waals surface area contributed by atoms with Crippen molar-refractivity contribution < 1.29 is 34.4 Å². The lowest BCUT2D eigenvalue weighted by atomic mass is 9.94. The molecule has 0 aromatic heterocycles. The molecule has 0 amide bonds. The summed E-state index contributed by atoms with van der Waals surface area (Å²) in [6, 6.07) is 8.08. The molecule has 140 valence electrons. The molecule has 1 aromatic carbocycles. The van der Waals surface area contributed by atoms with E-state index in [9.17, 15) is 9.59 Å². The van der Waals surface area contributed by atoms with Gasteiger partial charge in [0.05, 0.1) is 6.42 Å². The fourth-order valence-corrected chi connectivity index (χ4v) is 2.28. The molecule has 3 atom stereocenters. The molecular weight excluding hydrogens is 330 g/mol. The summed E-state index contributed by atoms with van der Waals surface area (Å²) in [5.41, 5.74) is 0. The summed E-state index contributed by atoms with van der Waals surface area (Å²) in [5, 5.41) is 28.2. The Balaban J connectivity index is 0.000000845. The highest BCUT2D eigenvalue weighted by atomic mass is 16.5. The second-order valence-corrected chi connectivity index (χ2v) is 4.97. The fourth-order valence-electron chi connectivity index (χ4n) is 2.28. The summed E-state index contributed by atoms with van der Waals surface area (Å²) < 4.78 is 5.68. The van der Waals surface area contributed by atoms with Crippen molar-refractivity contribution in [1.29, 1.82) is 0 Å². The van der Waals surface area contributed by atoms with Crippen LogP contribution in [0, 0.1) is 5.92 Å². The minimum absolute atomic E-state index is 0.235. The first-order valence-corrected chi connectivity index (χ1v) is 7.90. The van der Waals surface area contributed by atoms with Crippen LogP contribution in [0.15, 0.2) is 30.3 Å². The van der Waals surface area contributed by atoms with Gasteiger partial charge in [0.15, 0.2) is 0 Å². The lowest BCUT2D eigenvalue weighted by Gasteiger charge is -2.21. The number of para-hydroxylation sites is 1. The summed E-state index contributed by atoms with van der Waals surface area (Å²) >= 11 is 0. The van der Waals surface area contributed by atoms with Crippen LogP contribution in [0.1, 0.15) is 27.2 Å². The third-order valence-corrected chi connectivity index (χ3v) is 3.15.